The number of rotatable bonds is 6. The predicted octanol–water partition coefficient (Wildman–Crippen LogP) is 1.62. The van der Waals surface area contributed by atoms with Crippen molar-refractivity contribution < 1.29 is 19.5 Å². The molecular formula is C16H22N2O4. The molecule has 0 spiro atoms. The Balaban J connectivity index is 2.83. The fourth-order valence-electron chi connectivity index (χ4n) is 1.64. The van der Waals surface area contributed by atoms with E-state index in [9.17, 15) is 14.4 Å². The van der Waals surface area contributed by atoms with Crippen LogP contribution in [-0.2, 0) is 4.79 Å². The van der Waals surface area contributed by atoms with E-state index < -0.39 is 17.3 Å². The van der Waals surface area contributed by atoms with E-state index in [0.29, 0.717) is 17.7 Å². The van der Waals surface area contributed by atoms with Crippen LogP contribution in [-0.4, -0.2) is 47.9 Å². The van der Waals surface area contributed by atoms with Crippen molar-refractivity contribution in [2.75, 3.05) is 20.1 Å². The highest BCUT2D eigenvalue weighted by Gasteiger charge is 2.27. The van der Waals surface area contributed by atoms with E-state index in [1.807, 2.05) is 6.92 Å². The molecule has 0 unspecified atom stereocenters. The Morgan fingerprint density at radius 2 is 1.82 bits per heavy atom. The van der Waals surface area contributed by atoms with Gasteiger partial charge in [0.25, 0.3) is 11.8 Å². The number of carbonyl (C=O) groups is 3. The maximum Gasteiger partial charge on any atom is 0.310 e. The summed E-state index contributed by atoms with van der Waals surface area (Å²) in [4.78, 5) is 36.7. The van der Waals surface area contributed by atoms with Crippen molar-refractivity contribution >= 4 is 17.8 Å². The van der Waals surface area contributed by atoms with Gasteiger partial charge in [-0.1, -0.05) is 6.07 Å². The third-order valence-electron chi connectivity index (χ3n) is 3.46. The summed E-state index contributed by atoms with van der Waals surface area (Å²) in [6.07, 6.45) is 0. The van der Waals surface area contributed by atoms with E-state index in [4.69, 9.17) is 5.11 Å². The number of amides is 2. The van der Waals surface area contributed by atoms with Gasteiger partial charge in [0.1, 0.15) is 0 Å². The molecule has 2 amide bonds. The molecule has 6 nitrogen and oxygen atoms in total. The van der Waals surface area contributed by atoms with Gasteiger partial charge in [-0.15, -0.1) is 0 Å². The molecule has 6 heteroatoms. The van der Waals surface area contributed by atoms with Crippen molar-refractivity contribution in [1.29, 1.82) is 0 Å². The zero-order valence-corrected chi connectivity index (χ0v) is 13.3. The molecular weight excluding hydrogens is 284 g/mol. The number of benzene rings is 1. The van der Waals surface area contributed by atoms with Crippen LogP contribution in [0.3, 0.4) is 0 Å². The quantitative estimate of drug-likeness (QED) is 0.836. The summed E-state index contributed by atoms with van der Waals surface area (Å²) in [5.41, 5.74) is -0.294. The average Bonchev–Trinajstić information content (AvgIpc) is 2.51. The van der Waals surface area contributed by atoms with E-state index in [1.54, 1.807) is 30.1 Å². The van der Waals surface area contributed by atoms with E-state index in [0.717, 1.165) is 0 Å². The number of carboxylic acids is 1. The second-order valence-corrected chi connectivity index (χ2v) is 5.77. The molecule has 1 aromatic rings. The van der Waals surface area contributed by atoms with Gasteiger partial charge < -0.3 is 15.3 Å². The monoisotopic (exact) mass is 306 g/mol. The van der Waals surface area contributed by atoms with Gasteiger partial charge >= 0.3 is 5.97 Å². The van der Waals surface area contributed by atoms with E-state index in [1.165, 1.54) is 19.9 Å². The van der Waals surface area contributed by atoms with Crippen LogP contribution < -0.4 is 5.32 Å². The molecule has 0 aliphatic rings. The van der Waals surface area contributed by atoms with Crippen molar-refractivity contribution in [1.82, 2.24) is 10.2 Å². The highest BCUT2D eigenvalue weighted by molar-refractivity contribution is 5.99. The first-order chi connectivity index (χ1) is 10.2. The molecule has 0 bridgehead atoms. The van der Waals surface area contributed by atoms with Crippen LogP contribution in [0.2, 0.25) is 0 Å². The third kappa shape index (κ3) is 4.31. The third-order valence-corrected chi connectivity index (χ3v) is 3.46. The maximum atomic E-state index is 12.1. The Bertz CT molecular complexity index is 581. The zero-order valence-electron chi connectivity index (χ0n) is 13.3. The molecule has 1 aromatic carbocycles. The second-order valence-electron chi connectivity index (χ2n) is 5.77. The van der Waals surface area contributed by atoms with E-state index in [-0.39, 0.29) is 12.5 Å². The SMILES string of the molecule is CCN(C)C(=O)c1cccc(C(=O)NCC(C)(C)C(=O)O)c1. The van der Waals surface area contributed by atoms with E-state index in [2.05, 4.69) is 5.32 Å². The van der Waals surface area contributed by atoms with Gasteiger partial charge in [-0.2, -0.15) is 0 Å². The van der Waals surface area contributed by atoms with Crippen LogP contribution in [0.1, 0.15) is 41.5 Å². The molecule has 0 fully saturated rings. The van der Waals surface area contributed by atoms with Crippen LogP contribution in [0.25, 0.3) is 0 Å². The molecule has 120 valence electrons. The molecule has 2 N–H and O–H groups in total. The summed E-state index contributed by atoms with van der Waals surface area (Å²) in [5.74, 6) is -1.55. The maximum absolute atomic E-state index is 12.1. The molecule has 0 aliphatic heterocycles. The van der Waals surface area contributed by atoms with Gasteiger partial charge in [-0.05, 0) is 39.0 Å². The van der Waals surface area contributed by atoms with Gasteiger partial charge in [0.15, 0.2) is 0 Å². The Hall–Kier alpha value is -2.37. The topological polar surface area (TPSA) is 86.7 Å². The van der Waals surface area contributed by atoms with Crippen molar-refractivity contribution in [3.8, 4) is 0 Å². The van der Waals surface area contributed by atoms with Gasteiger partial charge in [0, 0.05) is 31.3 Å². The lowest BCUT2D eigenvalue weighted by Gasteiger charge is -2.19. The first kappa shape index (κ1) is 17.7. The summed E-state index contributed by atoms with van der Waals surface area (Å²) in [7, 11) is 1.68. The zero-order chi connectivity index (χ0) is 16.9. The van der Waals surface area contributed by atoms with Gasteiger partial charge in [-0.3, -0.25) is 14.4 Å². The number of carbonyl (C=O) groups excluding carboxylic acids is 2. The lowest BCUT2D eigenvalue weighted by molar-refractivity contribution is -0.146. The lowest BCUT2D eigenvalue weighted by Crippen LogP contribution is -2.39. The first-order valence-electron chi connectivity index (χ1n) is 7.06. The highest BCUT2D eigenvalue weighted by atomic mass is 16.4. The van der Waals surface area contributed by atoms with Crippen LogP contribution in [0.5, 0.6) is 0 Å². The van der Waals surface area contributed by atoms with Gasteiger partial charge in [0.2, 0.25) is 0 Å². The number of nitrogens with zero attached hydrogens (tertiary/aromatic N) is 1. The molecule has 0 aromatic heterocycles. The average molecular weight is 306 g/mol. The molecule has 22 heavy (non-hydrogen) atoms. The highest BCUT2D eigenvalue weighted by Crippen LogP contribution is 2.14. The molecule has 0 aliphatic carbocycles. The van der Waals surface area contributed by atoms with Gasteiger partial charge in [-0.25, -0.2) is 0 Å². The molecule has 0 atom stereocenters. The fraction of sp³-hybridized carbons (Fsp3) is 0.438. The number of aliphatic carboxylic acids is 1. The van der Waals surface area contributed by atoms with Crippen molar-refractivity contribution in [2.24, 2.45) is 5.41 Å². The van der Waals surface area contributed by atoms with Crippen LogP contribution in [0.15, 0.2) is 24.3 Å². The fourth-order valence-corrected chi connectivity index (χ4v) is 1.64. The Morgan fingerprint density at radius 1 is 1.23 bits per heavy atom. The summed E-state index contributed by atoms with van der Waals surface area (Å²) < 4.78 is 0. The molecule has 0 saturated heterocycles. The smallest absolute Gasteiger partial charge is 0.310 e. The summed E-state index contributed by atoms with van der Waals surface area (Å²) in [5, 5.41) is 11.6. The normalized spacial score (nSPS) is 10.9. The number of hydrogen-bond donors (Lipinski definition) is 2. The minimum atomic E-state index is -1.05. The lowest BCUT2D eigenvalue weighted by atomic mass is 9.94. The van der Waals surface area contributed by atoms with Crippen molar-refractivity contribution in [2.45, 2.75) is 20.8 Å². The van der Waals surface area contributed by atoms with Crippen molar-refractivity contribution in [3.05, 3.63) is 35.4 Å². The van der Waals surface area contributed by atoms with Crippen molar-refractivity contribution in [3.63, 3.8) is 0 Å². The van der Waals surface area contributed by atoms with E-state index >= 15 is 0 Å². The number of carboxylic acid groups (broad SMARTS) is 1. The minimum Gasteiger partial charge on any atom is -0.481 e. The Morgan fingerprint density at radius 3 is 2.36 bits per heavy atom. The number of hydrogen-bond acceptors (Lipinski definition) is 3. The molecule has 1 rings (SSSR count). The largest absolute Gasteiger partial charge is 0.481 e. The van der Waals surface area contributed by atoms with Gasteiger partial charge in [0.05, 0.1) is 5.41 Å². The van der Waals surface area contributed by atoms with Crippen LogP contribution in [0, 0.1) is 5.41 Å². The summed E-state index contributed by atoms with van der Waals surface area (Å²) in [6.45, 7) is 5.51. The minimum absolute atomic E-state index is 0.00814. The summed E-state index contributed by atoms with van der Waals surface area (Å²) in [6, 6.07) is 6.38. The Labute approximate surface area is 130 Å². The Kier molecular flexibility index (Phi) is 5.68. The standard InChI is InChI=1S/C16H22N2O4/c1-5-18(4)14(20)12-8-6-7-11(9-12)13(19)17-10-16(2,3)15(21)22/h6-9H,5,10H2,1-4H3,(H,17,19)(H,21,22). The molecule has 0 heterocycles. The second kappa shape index (κ2) is 7.06. The van der Waals surface area contributed by atoms with Crippen LogP contribution in [0.4, 0.5) is 0 Å². The molecule has 0 saturated carbocycles. The predicted molar refractivity (Wildman–Crippen MR) is 82.8 cm³/mol. The van der Waals surface area contributed by atoms with Crippen LogP contribution >= 0.6 is 0 Å². The summed E-state index contributed by atoms with van der Waals surface area (Å²) >= 11 is 0. The molecule has 0 radical (unpaired) electrons. The number of nitrogens with one attached hydrogen (secondary N) is 1. The first-order valence-corrected chi connectivity index (χ1v) is 7.06.